The first-order valence-corrected chi connectivity index (χ1v) is 7.77. The van der Waals surface area contributed by atoms with E-state index < -0.39 is 0 Å². The Bertz CT molecular complexity index is 938. The molecule has 0 amide bonds. The van der Waals surface area contributed by atoms with Crippen LogP contribution in [0, 0.1) is 6.92 Å². The van der Waals surface area contributed by atoms with E-state index in [9.17, 15) is 10.2 Å². The number of para-hydroxylation sites is 2. The minimum absolute atomic E-state index is 0.118. The molecule has 0 aliphatic carbocycles. The Hall–Kier alpha value is -3.41. The number of aromatic hydroxyl groups is 2. The first-order valence-electron chi connectivity index (χ1n) is 7.77. The van der Waals surface area contributed by atoms with Crippen LogP contribution in [0.4, 0.5) is 5.82 Å². The van der Waals surface area contributed by atoms with E-state index in [0.29, 0.717) is 28.5 Å². The molecule has 0 aliphatic rings. The summed E-state index contributed by atoms with van der Waals surface area (Å²) in [5.41, 5.74) is 5.44. The van der Waals surface area contributed by atoms with Gasteiger partial charge in [-0.25, -0.2) is 9.97 Å². The lowest BCUT2D eigenvalue weighted by Crippen LogP contribution is -2.03. The van der Waals surface area contributed by atoms with Gasteiger partial charge in [0.05, 0.1) is 11.3 Å². The monoisotopic (exact) mass is 334 g/mol. The van der Waals surface area contributed by atoms with Gasteiger partial charge >= 0.3 is 0 Å². The average Bonchev–Trinajstić information content (AvgIpc) is 2.60. The maximum absolute atomic E-state index is 9.99. The van der Waals surface area contributed by atoms with E-state index in [2.05, 4.69) is 20.5 Å². The molecule has 0 spiro atoms. The fraction of sp³-hybridized carbons (Fsp3) is 0.105. The molecule has 0 saturated carbocycles. The summed E-state index contributed by atoms with van der Waals surface area (Å²) >= 11 is 0. The number of hydrogen-bond donors (Lipinski definition) is 3. The Labute approximate surface area is 145 Å². The number of benzene rings is 2. The third kappa shape index (κ3) is 3.74. The summed E-state index contributed by atoms with van der Waals surface area (Å²) in [6.07, 6.45) is 0. The van der Waals surface area contributed by atoms with Crippen molar-refractivity contribution in [3.05, 3.63) is 65.9 Å². The zero-order valence-electron chi connectivity index (χ0n) is 13.9. The van der Waals surface area contributed by atoms with Crippen LogP contribution in [0.25, 0.3) is 11.4 Å². The summed E-state index contributed by atoms with van der Waals surface area (Å²) in [6, 6.07) is 15.6. The molecule has 25 heavy (non-hydrogen) atoms. The number of anilines is 1. The van der Waals surface area contributed by atoms with E-state index in [4.69, 9.17) is 0 Å². The third-order valence-corrected chi connectivity index (χ3v) is 3.63. The zero-order chi connectivity index (χ0) is 17.8. The van der Waals surface area contributed by atoms with Gasteiger partial charge in [-0.1, -0.05) is 24.3 Å². The second-order valence-corrected chi connectivity index (χ2v) is 5.56. The molecule has 3 N–H and O–H groups in total. The van der Waals surface area contributed by atoms with Crippen LogP contribution in [-0.2, 0) is 0 Å². The number of hydrogen-bond acceptors (Lipinski definition) is 6. The van der Waals surface area contributed by atoms with E-state index in [1.54, 1.807) is 49.4 Å². The molecule has 0 atom stereocenters. The highest BCUT2D eigenvalue weighted by Gasteiger charge is 2.09. The van der Waals surface area contributed by atoms with E-state index >= 15 is 0 Å². The summed E-state index contributed by atoms with van der Waals surface area (Å²) < 4.78 is 0. The summed E-state index contributed by atoms with van der Waals surface area (Å²) in [5, 5.41) is 24.1. The number of rotatable bonds is 4. The van der Waals surface area contributed by atoms with Gasteiger partial charge in [0.15, 0.2) is 11.6 Å². The fourth-order valence-corrected chi connectivity index (χ4v) is 2.39. The van der Waals surface area contributed by atoms with Gasteiger partial charge in [-0.05, 0) is 38.1 Å². The van der Waals surface area contributed by atoms with Gasteiger partial charge in [-0.3, -0.25) is 5.43 Å². The highest BCUT2D eigenvalue weighted by molar-refractivity contribution is 6.01. The molecule has 3 rings (SSSR count). The van der Waals surface area contributed by atoms with Gasteiger partial charge in [-0.2, -0.15) is 5.10 Å². The number of phenolic OH excluding ortho intramolecular Hbond substituents is 2. The number of aromatic nitrogens is 2. The molecular weight excluding hydrogens is 316 g/mol. The van der Waals surface area contributed by atoms with Gasteiger partial charge in [0.25, 0.3) is 0 Å². The molecule has 3 aromatic rings. The number of aryl methyl sites for hydroxylation is 1. The molecule has 6 nitrogen and oxygen atoms in total. The molecule has 0 fully saturated rings. The van der Waals surface area contributed by atoms with Crippen molar-refractivity contribution in [3.8, 4) is 22.9 Å². The first kappa shape index (κ1) is 16.4. The molecule has 1 aromatic heterocycles. The van der Waals surface area contributed by atoms with Crippen LogP contribution in [0.1, 0.15) is 18.2 Å². The Morgan fingerprint density at radius 3 is 2.36 bits per heavy atom. The van der Waals surface area contributed by atoms with Crippen molar-refractivity contribution in [1.82, 2.24) is 9.97 Å². The molecule has 0 aliphatic heterocycles. The largest absolute Gasteiger partial charge is 0.507 e. The molecule has 6 heteroatoms. The standard InChI is InChI=1S/C19H18N4O2/c1-12-11-18(21-19(20-12)15-8-4-6-10-17(15)25)23-22-13(2)14-7-3-5-9-16(14)24/h3-11,24-25H,1-2H3,(H,20,21,23)/b22-13+. The molecule has 126 valence electrons. The van der Waals surface area contributed by atoms with Crippen LogP contribution in [0.15, 0.2) is 59.7 Å². The van der Waals surface area contributed by atoms with Crippen molar-refractivity contribution in [2.24, 2.45) is 5.10 Å². The van der Waals surface area contributed by atoms with Gasteiger partial charge in [-0.15, -0.1) is 0 Å². The second-order valence-electron chi connectivity index (χ2n) is 5.56. The van der Waals surface area contributed by atoms with Gasteiger partial charge in [0.2, 0.25) is 0 Å². The lowest BCUT2D eigenvalue weighted by Gasteiger charge is -2.08. The first-order chi connectivity index (χ1) is 12.0. The van der Waals surface area contributed by atoms with E-state index in [1.165, 1.54) is 0 Å². The van der Waals surface area contributed by atoms with Crippen LogP contribution in [0.5, 0.6) is 11.5 Å². The second kappa shape index (κ2) is 7.00. The molecule has 1 heterocycles. The summed E-state index contributed by atoms with van der Waals surface area (Å²) in [5.74, 6) is 1.20. The van der Waals surface area contributed by atoms with Gasteiger partial charge < -0.3 is 10.2 Å². The normalized spacial score (nSPS) is 11.4. The SMILES string of the molecule is C/C(=N\Nc1cc(C)nc(-c2ccccc2O)n1)c1ccccc1O. The molecule has 0 bridgehead atoms. The molecule has 2 aromatic carbocycles. The fourth-order valence-electron chi connectivity index (χ4n) is 2.39. The Morgan fingerprint density at radius 1 is 0.960 bits per heavy atom. The third-order valence-electron chi connectivity index (χ3n) is 3.63. The Kier molecular flexibility index (Phi) is 4.61. The van der Waals surface area contributed by atoms with Crippen molar-refractivity contribution in [1.29, 1.82) is 0 Å². The highest BCUT2D eigenvalue weighted by Crippen LogP contribution is 2.26. The maximum atomic E-state index is 9.99. The van der Waals surface area contributed by atoms with Crippen LogP contribution in [0.2, 0.25) is 0 Å². The average molecular weight is 334 g/mol. The van der Waals surface area contributed by atoms with Crippen molar-refractivity contribution < 1.29 is 10.2 Å². The maximum Gasteiger partial charge on any atom is 0.165 e. The van der Waals surface area contributed by atoms with Crippen molar-refractivity contribution in [3.63, 3.8) is 0 Å². The number of nitrogens with zero attached hydrogens (tertiary/aromatic N) is 3. The van der Waals surface area contributed by atoms with Gasteiger partial charge in [0, 0.05) is 17.3 Å². The summed E-state index contributed by atoms with van der Waals surface area (Å²) in [6.45, 7) is 3.63. The van der Waals surface area contributed by atoms with Crippen LogP contribution in [0.3, 0.4) is 0 Å². The number of hydrazone groups is 1. The van der Waals surface area contributed by atoms with Crippen molar-refractivity contribution >= 4 is 11.5 Å². The summed E-state index contributed by atoms with van der Waals surface area (Å²) in [4.78, 5) is 8.77. The minimum atomic E-state index is 0.118. The smallest absolute Gasteiger partial charge is 0.165 e. The Morgan fingerprint density at radius 2 is 1.64 bits per heavy atom. The van der Waals surface area contributed by atoms with Crippen molar-refractivity contribution in [2.45, 2.75) is 13.8 Å². The predicted molar refractivity (Wildman–Crippen MR) is 97.8 cm³/mol. The predicted octanol–water partition coefficient (Wildman–Crippen LogP) is 3.70. The zero-order valence-corrected chi connectivity index (χ0v) is 13.9. The van der Waals surface area contributed by atoms with E-state index in [1.807, 2.05) is 19.1 Å². The van der Waals surface area contributed by atoms with E-state index in [0.717, 1.165) is 5.69 Å². The molecule has 0 unspecified atom stereocenters. The van der Waals surface area contributed by atoms with E-state index in [-0.39, 0.29) is 11.5 Å². The van der Waals surface area contributed by atoms with Crippen LogP contribution in [-0.4, -0.2) is 25.9 Å². The Balaban J connectivity index is 1.90. The summed E-state index contributed by atoms with van der Waals surface area (Å²) in [7, 11) is 0. The van der Waals surface area contributed by atoms with Crippen molar-refractivity contribution in [2.75, 3.05) is 5.43 Å². The minimum Gasteiger partial charge on any atom is -0.507 e. The van der Waals surface area contributed by atoms with Gasteiger partial charge in [0.1, 0.15) is 11.5 Å². The van der Waals surface area contributed by atoms with Crippen LogP contribution < -0.4 is 5.43 Å². The quantitative estimate of drug-likeness (QED) is 0.500. The van der Waals surface area contributed by atoms with Crippen LogP contribution >= 0.6 is 0 Å². The highest BCUT2D eigenvalue weighted by atomic mass is 16.3. The molecule has 0 saturated heterocycles. The number of nitrogens with one attached hydrogen (secondary N) is 1. The molecule has 0 radical (unpaired) electrons. The number of phenols is 2. The lowest BCUT2D eigenvalue weighted by atomic mass is 10.1. The topological polar surface area (TPSA) is 90.6 Å². The molecular formula is C19H18N4O2. The lowest BCUT2D eigenvalue weighted by molar-refractivity contribution is 0.474.